The molecule has 1 unspecified atom stereocenters. The van der Waals surface area contributed by atoms with Crippen LogP contribution < -0.4 is 5.32 Å². The van der Waals surface area contributed by atoms with E-state index in [1.807, 2.05) is 43.5 Å². The predicted octanol–water partition coefficient (Wildman–Crippen LogP) is 2.50. The number of hydrogen-bond donors (Lipinski definition) is 3. The van der Waals surface area contributed by atoms with Gasteiger partial charge in [0.1, 0.15) is 0 Å². The lowest BCUT2D eigenvalue weighted by atomic mass is 10.0. The third-order valence-corrected chi connectivity index (χ3v) is 4.50. The molecule has 3 aromatic rings. The van der Waals surface area contributed by atoms with Gasteiger partial charge in [-0.25, -0.2) is 0 Å². The molecule has 1 aromatic carbocycles. The molecule has 3 rings (SSSR count). The van der Waals surface area contributed by atoms with Crippen molar-refractivity contribution in [3.63, 3.8) is 0 Å². The molecule has 0 saturated carbocycles. The van der Waals surface area contributed by atoms with Crippen molar-refractivity contribution in [1.82, 2.24) is 25.3 Å². The second-order valence-corrected chi connectivity index (χ2v) is 6.54. The van der Waals surface area contributed by atoms with Gasteiger partial charge in [-0.3, -0.25) is 19.4 Å². The van der Waals surface area contributed by atoms with Gasteiger partial charge in [-0.05, 0) is 25.3 Å². The Morgan fingerprint density at radius 3 is 2.71 bits per heavy atom. The summed E-state index contributed by atoms with van der Waals surface area (Å²) in [5.74, 6) is -1.18. The summed E-state index contributed by atoms with van der Waals surface area (Å²) < 4.78 is 1.77. The summed E-state index contributed by atoms with van der Waals surface area (Å²) >= 11 is 0. The third-order valence-electron chi connectivity index (χ3n) is 4.50. The van der Waals surface area contributed by atoms with Crippen LogP contribution in [0.15, 0.2) is 48.9 Å². The standard InChI is InChI=1S/C20H23N5O3/c1-2-25-13-15(11-22-25)19-17(12-21-24-19)20(28)23-16(8-9-18(26)27)10-14-6-4-3-5-7-14/h3-7,11-13,16H,2,8-10H2,1H3,(H,21,24)(H,23,28)(H,26,27). The Kier molecular flexibility index (Phi) is 6.21. The second-order valence-electron chi connectivity index (χ2n) is 6.54. The first-order valence-electron chi connectivity index (χ1n) is 9.19. The molecule has 8 nitrogen and oxygen atoms in total. The number of carboxylic acids is 1. The van der Waals surface area contributed by atoms with Crippen LogP contribution in [0.4, 0.5) is 0 Å². The van der Waals surface area contributed by atoms with Crippen molar-refractivity contribution >= 4 is 11.9 Å². The number of benzene rings is 1. The number of aryl methyl sites for hydroxylation is 1. The quantitative estimate of drug-likeness (QED) is 0.527. The lowest BCUT2D eigenvalue weighted by Crippen LogP contribution is -2.37. The van der Waals surface area contributed by atoms with E-state index >= 15 is 0 Å². The van der Waals surface area contributed by atoms with E-state index in [0.717, 1.165) is 17.7 Å². The number of rotatable bonds is 9. The van der Waals surface area contributed by atoms with Crippen molar-refractivity contribution in [3.8, 4) is 11.3 Å². The van der Waals surface area contributed by atoms with E-state index < -0.39 is 5.97 Å². The number of hydrogen-bond acceptors (Lipinski definition) is 4. The Labute approximate surface area is 162 Å². The Balaban J connectivity index is 1.76. The Bertz CT molecular complexity index is 932. The van der Waals surface area contributed by atoms with Crippen molar-refractivity contribution in [2.75, 3.05) is 0 Å². The van der Waals surface area contributed by atoms with Crippen LogP contribution in [0.1, 0.15) is 35.7 Å². The van der Waals surface area contributed by atoms with Gasteiger partial charge >= 0.3 is 5.97 Å². The van der Waals surface area contributed by atoms with Gasteiger partial charge in [0.25, 0.3) is 5.91 Å². The highest BCUT2D eigenvalue weighted by atomic mass is 16.4. The van der Waals surface area contributed by atoms with Gasteiger partial charge in [0.15, 0.2) is 0 Å². The van der Waals surface area contributed by atoms with Crippen LogP contribution in [0.25, 0.3) is 11.3 Å². The number of aliphatic carboxylic acids is 1. The van der Waals surface area contributed by atoms with Gasteiger partial charge in [0, 0.05) is 30.8 Å². The average Bonchev–Trinajstić information content (AvgIpc) is 3.35. The highest BCUT2D eigenvalue weighted by Gasteiger charge is 2.20. The fraction of sp³-hybridized carbons (Fsp3) is 0.300. The van der Waals surface area contributed by atoms with Crippen LogP contribution in [0, 0.1) is 0 Å². The number of carbonyl (C=O) groups is 2. The first-order chi connectivity index (χ1) is 13.6. The van der Waals surface area contributed by atoms with Crippen molar-refractivity contribution in [2.24, 2.45) is 0 Å². The topological polar surface area (TPSA) is 113 Å². The largest absolute Gasteiger partial charge is 0.481 e. The SMILES string of the molecule is CCn1cc(-c2[nH]ncc2C(=O)NC(CCC(=O)O)Cc2ccccc2)cn1. The van der Waals surface area contributed by atoms with Crippen LogP contribution in [-0.4, -0.2) is 43.0 Å². The molecule has 0 bridgehead atoms. The van der Waals surface area contributed by atoms with Gasteiger partial charge in [-0.1, -0.05) is 30.3 Å². The Morgan fingerprint density at radius 1 is 1.25 bits per heavy atom. The highest BCUT2D eigenvalue weighted by molar-refractivity contribution is 5.99. The lowest BCUT2D eigenvalue weighted by Gasteiger charge is -2.18. The first-order valence-corrected chi connectivity index (χ1v) is 9.19. The second kappa shape index (κ2) is 8.98. The molecule has 8 heteroatoms. The van der Waals surface area contributed by atoms with Crippen molar-refractivity contribution in [2.45, 2.75) is 38.8 Å². The lowest BCUT2D eigenvalue weighted by molar-refractivity contribution is -0.137. The van der Waals surface area contributed by atoms with E-state index in [4.69, 9.17) is 5.11 Å². The summed E-state index contributed by atoms with van der Waals surface area (Å²) in [4.78, 5) is 23.9. The predicted molar refractivity (Wildman–Crippen MR) is 104 cm³/mol. The molecule has 0 saturated heterocycles. The van der Waals surface area contributed by atoms with Gasteiger partial charge in [-0.15, -0.1) is 0 Å². The smallest absolute Gasteiger partial charge is 0.303 e. The van der Waals surface area contributed by atoms with Gasteiger partial charge in [-0.2, -0.15) is 10.2 Å². The Morgan fingerprint density at radius 2 is 2.04 bits per heavy atom. The zero-order chi connectivity index (χ0) is 19.9. The molecule has 0 radical (unpaired) electrons. The molecular weight excluding hydrogens is 358 g/mol. The summed E-state index contributed by atoms with van der Waals surface area (Å²) in [5.41, 5.74) is 2.81. The minimum Gasteiger partial charge on any atom is -0.481 e. The number of nitrogens with zero attached hydrogens (tertiary/aromatic N) is 3. The zero-order valence-electron chi connectivity index (χ0n) is 15.6. The third kappa shape index (κ3) is 4.85. The molecule has 0 aliphatic rings. The van der Waals surface area contributed by atoms with Crippen molar-refractivity contribution in [3.05, 3.63) is 60.0 Å². The van der Waals surface area contributed by atoms with E-state index in [0.29, 0.717) is 24.1 Å². The molecule has 2 heterocycles. The molecule has 3 N–H and O–H groups in total. The molecule has 0 fully saturated rings. The summed E-state index contributed by atoms with van der Waals surface area (Å²) in [5, 5.41) is 23.1. The molecule has 2 aromatic heterocycles. The van der Waals surface area contributed by atoms with Crippen molar-refractivity contribution < 1.29 is 14.7 Å². The number of nitrogens with one attached hydrogen (secondary N) is 2. The summed E-state index contributed by atoms with van der Waals surface area (Å²) in [6, 6.07) is 9.38. The number of carbonyl (C=O) groups excluding carboxylic acids is 1. The molecule has 0 aliphatic carbocycles. The molecule has 0 spiro atoms. The van der Waals surface area contributed by atoms with Gasteiger partial charge in [0.2, 0.25) is 0 Å². The van der Waals surface area contributed by atoms with E-state index in [-0.39, 0.29) is 18.4 Å². The van der Waals surface area contributed by atoms with E-state index in [9.17, 15) is 9.59 Å². The fourth-order valence-electron chi connectivity index (χ4n) is 3.03. The maximum atomic E-state index is 12.9. The number of amides is 1. The number of carboxylic acid groups (broad SMARTS) is 1. The maximum Gasteiger partial charge on any atom is 0.303 e. The van der Waals surface area contributed by atoms with Crippen LogP contribution in [0.3, 0.4) is 0 Å². The van der Waals surface area contributed by atoms with E-state index in [2.05, 4.69) is 20.6 Å². The van der Waals surface area contributed by atoms with E-state index in [1.165, 1.54) is 6.20 Å². The Hall–Kier alpha value is -3.42. The summed E-state index contributed by atoms with van der Waals surface area (Å²) in [6.07, 6.45) is 5.89. The molecule has 1 atom stereocenters. The molecule has 146 valence electrons. The number of aromatic amines is 1. The van der Waals surface area contributed by atoms with Gasteiger partial charge < -0.3 is 10.4 Å². The van der Waals surface area contributed by atoms with Gasteiger partial charge in [0.05, 0.1) is 23.7 Å². The fourth-order valence-corrected chi connectivity index (χ4v) is 3.03. The molecule has 1 amide bonds. The highest BCUT2D eigenvalue weighted by Crippen LogP contribution is 2.21. The first kappa shape index (κ1) is 19.3. The minimum absolute atomic E-state index is 0.0146. The number of aromatic nitrogens is 4. The molecule has 0 aliphatic heterocycles. The summed E-state index contributed by atoms with van der Waals surface area (Å²) in [7, 11) is 0. The molecular formula is C20H23N5O3. The zero-order valence-corrected chi connectivity index (χ0v) is 15.6. The summed E-state index contributed by atoms with van der Waals surface area (Å²) in [6.45, 7) is 2.71. The average molecular weight is 381 g/mol. The number of H-pyrrole nitrogens is 1. The van der Waals surface area contributed by atoms with Crippen LogP contribution in [-0.2, 0) is 17.8 Å². The van der Waals surface area contributed by atoms with Crippen LogP contribution in [0.2, 0.25) is 0 Å². The van der Waals surface area contributed by atoms with Crippen LogP contribution >= 0.6 is 0 Å². The minimum atomic E-state index is -0.886. The van der Waals surface area contributed by atoms with E-state index in [1.54, 1.807) is 10.9 Å². The molecule has 28 heavy (non-hydrogen) atoms. The monoisotopic (exact) mass is 381 g/mol. The van der Waals surface area contributed by atoms with Crippen molar-refractivity contribution in [1.29, 1.82) is 0 Å². The van der Waals surface area contributed by atoms with Crippen LogP contribution in [0.5, 0.6) is 0 Å². The maximum absolute atomic E-state index is 12.9. The normalized spacial score (nSPS) is 11.9.